The number of anilines is 3. The van der Waals surface area contributed by atoms with Crippen LogP contribution in [0.5, 0.6) is 0 Å². The Morgan fingerprint density at radius 1 is 0.516 bits per heavy atom. The standard InChI is InChI=1S/C28H18BrNS/c29-26-18-22(30(20-10-3-1-4-11-20)21-12-5-2-6-13-21)17-25-24-16-15-19-9-7-8-14-23(19)27(24)31-28(25)26/h1-18H. The monoisotopic (exact) mass is 479 g/mol. The minimum Gasteiger partial charge on any atom is -0.310 e. The zero-order chi connectivity index (χ0) is 20.8. The van der Waals surface area contributed by atoms with E-state index in [1.807, 2.05) is 11.3 Å². The largest absolute Gasteiger partial charge is 0.310 e. The molecular formula is C28H18BrNS. The topological polar surface area (TPSA) is 3.24 Å². The molecule has 1 aromatic heterocycles. The minimum absolute atomic E-state index is 1.13. The van der Waals surface area contributed by atoms with Crippen molar-refractivity contribution in [3.63, 3.8) is 0 Å². The lowest BCUT2D eigenvalue weighted by Crippen LogP contribution is -2.09. The van der Waals surface area contributed by atoms with Crippen LogP contribution in [0.3, 0.4) is 0 Å². The molecule has 148 valence electrons. The molecule has 0 fully saturated rings. The fourth-order valence-corrected chi connectivity index (χ4v) is 6.19. The Kier molecular flexibility index (Phi) is 4.52. The highest BCUT2D eigenvalue weighted by atomic mass is 79.9. The van der Waals surface area contributed by atoms with Crippen molar-refractivity contribution >= 4 is 75.3 Å². The second kappa shape index (κ2) is 7.52. The van der Waals surface area contributed by atoms with Crippen LogP contribution in [-0.2, 0) is 0 Å². The number of para-hydroxylation sites is 2. The van der Waals surface area contributed by atoms with Crippen molar-refractivity contribution in [1.82, 2.24) is 0 Å². The number of nitrogens with zero attached hydrogens (tertiary/aromatic N) is 1. The average molecular weight is 480 g/mol. The highest BCUT2D eigenvalue weighted by Gasteiger charge is 2.17. The molecule has 1 heterocycles. The summed E-state index contributed by atoms with van der Waals surface area (Å²) in [7, 11) is 0. The molecule has 0 N–H and O–H groups in total. The first-order valence-electron chi connectivity index (χ1n) is 10.2. The van der Waals surface area contributed by atoms with Crippen LogP contribution >= 0.6 is 27.3 Å². The molecule has 6 aromatic rings. The van der Waals surface area contributed by atoms with Crippen molar-refractivity contribution in [2.24, 2.45) is 0 Å². The van der Waals surface area contributed by atoms with Crippen LogP contribution in [0.15, 0.2) is 114 Å². The van der Waals surface area contributed by atoms with E-state index in [4.69, 9.17) is 0 Å². The first-order valence-corrected chi connectivity index (χ1v) is 11.8. The van der Waals surface area contributed by atoms with Crippen LogP contribution in [0.25, 0.3) is 30.9 Å². The average Bonchev–Trinajstić information content (AvgIpc) is 3.21. The molecule has 0 aliphatic heterocycles. The molecule has 0 atom stereocenters. The number of hydrogen-bond acceptors (Lipinski definition) is 2. The summed E-state index contributed by atoms with van der Waals surface area (Å²) in [6, 6.07) is 38.8. The van der Waals surface area contributed by atoms with Crippen LogP contribution < -0.4 is 4.90 Å². The third-order valence-electron chi connectivity index (χ3n) is 5.69. The lowest BCUT2D eigenvalue weighted by atomic mass is 10.1. The molecule has 1 nitrogen and oxygen atoms in total. The van der Waals surface area contributed by atoms with E-state index in [0.717, 1.165) is 21.5 Å². The van der Waals surface area contributed by atoms with E-state index >= 15 is 0 Å². The number of thiophene rings is 1. The van der Waals surface area contributed by atoms with Gasteiger partial charge in [-0.15, -0.1) is 11.3 Å². The van der Waals surface area contributed by atoms with E-state index in [2.05, 4.69) is 130 Å². The van der Waals surface area contributed by atoms with Gasteiger partial charge in [-0.3, -0.25) is 0 Å². The molecule has 0 aliphatic carbocycles. The summed E-state index contributed by atoms with van der Waals surface area (Å²) in [5.41, 5.74) is 3.43. The predicted molar refractivity (Wildman–Crippen MR) is 139 cm³/mol. The van der Waals surface area contributed by atoms with Gasteiger partial charge in [-0.05, 0) is 63.1 Å². The predicted octanol–water partition coefficient (Wildman–Crippen LogP) is 9.44. The summed E-state index contributed by atoms with van der Waals surface area (Å²) in [5, 5.41) is 5.19. The molecule has 0 bridgehead atoms. The second-order valence-electron chi connectivity index (χ2n) is 7.58. The Morgan fingerprint density at radius 3 is 1.87 bits per heavy atom. The molecule has 0 amide bonds. The van der Waals surface area contributed by atoms with Gasteiger partial charge in [-0.1, -0.05) is 72.8 Å². The number of benzene rings is 5. The summed E-state index contributed by atoms with van der Waals surface area (Å²) in [6.07, 6.45) is 0. The van der Waals surface area contributed by atoms with E-state index in [9.17, 15) is 0 Å². The lowest BCUT2D eigenvalue weighted by molar-refractivity contribution is 1.29. The summed E-state index contributed by atoms with van der Waals surface area (Å²) < 4.78 is 3.76. The number of hydrogen-bond donors (Lipinski definition) is 0. The van der Waals surface area contributed by atoms with E-state index in [1.165, 1.54) is 30.9 Å². The molecule has 31 heavy (non-hydrogen) atoms. The van der Waals surface area contributed by atoms with Crippen LogP contribution in [0.4, 0.5) is 17.1 Å². The highest BCUT2D eigenvalue weighted by molar-refractivity contribution is 9.10. The van der Waals surface area contributed by atoms with E-state index in [0.29, 0.717) is 0 Å². The van der Waals surface area contributed by atoms with Crippen LogP contribution in [-0.4, -0.2) is 0 Å². The van der Waals surface area contributed by atoms with Gasteiger partial charge in [0.25, 0.3) is 0 Å². The first-order chi connectivity index (χ1) is 15.3. The Hall–Kier alpha value is -3.14. The fourth-order valence-electron chi connectivity index (χ4n) is 4.28. The Morgan fingerprint density at radius 2 is 1.16 bits per heavy atom. The number of fused-ring (bicyclic) bond motifs is 5. The molecule has 0 aliphatic rings. The second-order valence-corrected chi connectivity index (χ2v) is 9.45. The van der Waals surface area contributed by atoms with Crippen molar-refractivity contribution in [1.29, 1.82) is 0 Å². The summed E-state index contributed by atoms with van der Waals surface area (Å²) >= 11 is 5.75. The van der Waals surface area contributed by atoms with Gasteiger partial charge in [0.05, 0.1) is 0 Å². The van der Waals surface area contributed by atoms with Gasteiger partial charge in [0.2, 0.25) is 0 Å². The molecular weight excluding hydrogens is 462 g/mol. The normalized spacial score (nSPS) is 11.4. The Balaban J connectivity index is 1.65. The summed E-state index contributed by atoms with van der Waals surface area (Å²) in [5.74, 6) is 0. The molecule has 5 aromatic carbocycles. The smallest absolute Gasteiger partial charge is 0.0499 e. The molecule has 0 radical (unpaired) electrons. The minimum atomic E-state index is 1.13. The van der Waals surface area contributed by atoms with Crippen molar-refractivity contribution in [2.75, 3.05) is 4.90 Å². The van der Waals surface area contributed by atoms with E-state index in [1.54, 1.807) is 0 Å². The first kappa shape index (κ1) is 18.6. The molecule has 0 unspecified atom stereocenters. The maximum Gasteiger partial charge on any atom is 0.0499 e. The van der Waals surface area contributed by atoms with Crippen molar-refractivity contribution < 1.29 is 0 Å². The maximum absolute atomic E-state index is 3.89. The zero-order valence-corrected chi connectivity index (χ0v) is 19.0. The van der Waals surface area contributed by atoms with Gasteiger partial charge in [-0.2, -0.15) is 0 Å². The van der Waals surface area contributed by atoms with Gasteiger partial charge in [0, 0.05) is 41.7 Å². The highest BCUT2D eigenvalue weighted by Crippen LogP contribution is 2.45. The molecule has 0 saturated heterocycles. The van der Waals surface area contributed by atoms with Gasteiger partial charge in [0.15, 0.2) is 0 Å². The lowest BCUT2D eigenvalue weighted by Gasteiger charge is -2.25. The fraction of sp³-hybridized carbons (Fsp3) is 0. The zero-order valence-electron chi connectivity index (χ0n) is 16.6. The van der Waals surface area contributed by atoms with E-state index in [-0.39, 0.29) is 0 Å². The van der Waals surface area contributed by atoms with Gasteiger partial charge < -0.3 is 4.90 Å². The third-order valence-corrected chi connectivity index (χ3v) is 7.87. The van der Waals surface area contributed by atoms with Crippen LogP contribution in [0.2, 0.25) is 0 Å². The quantitative estimate of drug-likeness (QED) is 0.244. The molecule has 0 spiro atoms. The van der Waals surface area contributed by atoms with Crippen molar-refractivity contribution in [2.45, 2.75) is 0 Å². The Labute approximate surface area is 193 Å². The van der Waals surface area contributed by atoms with Gasteiger partial charge in [-0.25, -0.2) is 0 Å². The van der Waals surface area contributed by atoms with Crippen LogP contribution in [0, 0.1) is 0 Å². The molecule has 6 rings (SSSR count). The number of halogens is 1. The van der Waals surface area contributed by atoms with Gasteiger partial charge >= 0.3 is 0 Å². The summed E-state index contributed by atoms with van der Waals surface area (Å²) in [6.45, 7) is 0. The molecule has 0 saturated carbocycles. The maximum atomic E-state index is 3.89. The van der Waals surface area contributed by atoms with Gasteiger partial charge in [0.1, 0.15) is 0 Å². The van der Waals surface area contributed by atoms with E-state index < -0.39 is 0 Å². The van der Waals surface area contributed by atoms with Crippen molar-refractivity contribution in [3.8, 4) is 0 Å². The SMILES string of the molecule is Brc1cc(N(c2ccccc2)c2ccccc2)cc2c1sc1c3ccccc3ccc21. The summed E-state index contributed by atoms with van der Waals surface area (Å²) in [4.78, 5) is 2.31. The number of rotatable bonds is 3. The third kappa shape index (κ3) is 3.13. The van der Waals surface area contributed by atoms with Crippen LogP contribution in [0.1, 0.15) is 0 Å². The Bertz CT molecular complexity index is 1500. The van der Waals surface area contributed by atoms with Crippen molar-refractivity contribution in [3.05, 3.63) is 114 Å². The molecule has 3 heteroatoms.